The van der Waals surface area contributed by atoms with Crippen molar-refractivity contribution < 1.29 is 14.3 Å². The van der Waals surface area contributed by atoms with Crippen molar-refractivity contribution in [1.82, 2.24) is 5.32 Å². The summed E-state index contributed by atoms with van der Waals surface area (Å²) in [5, 5.41) is 6.11. The molecule has 0 saturated carbocycles. The van der Waals surface area contributed by atoms with Crippen LogP contribution in [0.3, 0.4) is 0 Å². The molecule has 2 N–H and O–H groups in total. The minimum absolute atomic E-state index is 0.0349. The molecule has 1 heterocycles. The van der Waals surface area contributed by atoms with Crippen LogP contribution in [-0.4, -0.2) is 31.4 Å². The van der Waals surface area contributed by atoms with Gasteiger partial charge in [0, 0.05) is 24.3 Å². The fourth-order valence-electron chi connectivity index (χ4n) is 3.21. The lowest BCUT2D eigenvalue weighted by Crippen LogP contribution is -2.47. The van der Waals surface area contributed by atoms with E-state index >= 15 is 0 Å². The van der Waals surface area contributed by atoms with E-state index in [1.165, 1.54) is 0 Å². The second-order valence-corrected chi connectivity index (χ2v) is 7.24. The second-order valence-electron chi connectivity index (χ2n) is 6.83. The molecular weight excluding hydrogens is 402 g/mol. The lowest BCUT2D eigenvalue weighted by Gasteiger charge is -2.29. The first-order chi connectivity index (χ1) is 14.6. The van der Waals surface area contributed by atoms with Crippen LogP contribution in [0.5, 0.6) is 11.5 Å². The third-order valence-electron chi connectivity index (χ3n) is 4.66. The highest BCUT2D eigenvalue weighted by atomic mass is 35.5. The largest absolute Gasteiger partial charge is 0.457 e. The van der Waals surface area contributed by atoms with Crippen molar-refractivity contribution in [1.29, 1.82) is 0 Å². The van der Waals surface area contributed by atoms with Crippen molar-refractivity contribution in [3.63, 3.8) is 0 Å². The molecule has 1 aliphatic rings. The molecule has 1 saturated heterocycles. The van der Waals surface area contributed by atoms with Crippen molar-refractivity contribution in [3.8, 4) is 11.5 Å². The fraction of sp³-hybridized carbons (Fsp3) is 0.130. The average Bonchev–Trinajstić information content (AvgIpc) is 2.75. The molecule has 2 amide bonds. The number of hydrogen-bond donors (Lipinski definition) is 2. The molecule has 0 spiro atoms. The van der Waals surface area contributed by atoms with E-state index in [2.05, 4.69) is 10.6 Å². The Kier molecular flexibility index (Phi) is 5.86. The van der Waals surface area contributed by atoms with Crippen LogP contribution in [0.4, 0.5) is 11.4 Å². The first-order valence-corrected chi connectivity index (χ1v) is 9.92. The fourth-order valence-corrected chi connectivity index (χ4v) is 3.51. The van der Waals surface area contributed by atoms with Crippen molar-refractivity contribution in [2.45, 2.75) is 0 Å². The summed E-state index contributed by atoms with van der Waals surface area (Å²) in [6.45, 7) is 1.53. The van der Waals surface area contributed by atoms with Crippen LogP contribution in [0.25, 0.3) is 0 Å². The topological polar surface area (TPSA) is 70.7 Å². The maximum atomic E-state index is 12.7. The smallest absolute Gasteiger partial charge is 0.255 e. The predicted molar refractivity (Wildman–Crippen MR) is 118 cm³/mol. The molecule has 0 bridgehead atoms. The summed E-state index contributed by atoms with van der Waals surface area (Å²) < 4.78 is 5.79. The summed E-state index contributed by atoms with van der Waals surface area (Å²) >= 11 is 6.41. The number of amides is 2. The van der Waals surface area contributed by atoms with E-state index in [1.807, 2.05) is 41.3 Å². The van der Waals surface area contributed by atoms with E-state index in [1.54, 1.807) is 36.4 Å². The molecule has 3 aromatic rings. The van der Waals surface area contributed by atoms with Gasteiger partial charge in [-0.25, -0.2) is 0 Å². The highest BCUT2D eigenvalue weighted by Gasteiger charge is 2.19. The van der Waals surface area contributed by atoms with Gasteiger partial charge < -0.3 is 20.3 Å². The highest BCUT2D eigenvalue weighted by molar-refractivity contribution is 6.33. The average molecular weight is 422 g/mol. The quantitative estimate of drug-likeness (QED) is 0.643. The molecule has 0 atom stereocenters. The number of rotatable bonds is 5. The second kappa shape index (κ2) is 8.88. The van der Waals surface area contributed by atoms with Crippen molar-refractivity contribution >= 4 is 34.8 Å². The molecule has 0 radical (unpaired) electrons. The molecular formula is C23H20ClN3O3. The third-order valence-corrected chi connectivity index (χ3v) is 4.96. The van der Waals surface area contributed by atoms with Gasteiger partial charge >= 0.3 is 0 Å². The summed E-state index contributed by atoms with van der Waals surface area (Å²) in [6, 6.07) is 21.6. The number of para-hydroxylation sites is 1. The van der Waals surface area contributed by atoms with Gasteiger partial charge in [-0.1, -0.05) is 35.9 Å². The van der Waals surface area contributed by atoms with Crippen LogP contribution in [0.2, 0.25) is 5.02 Å². The molecule has 30 heavy (non-hydrogen) atoms. The Hall–Kier alpha value is -3.51. The van der Waals surface area contributed by atoms with Gasteiger partial charge in [0.05, 0.1) is 17.3 Å². The molecule has 1 fully saturated rings. The molecule has 4 rings (SSSR count). The number of nitrogens with one attached hydrogen (secondary N) is 2. The maximum Gasteiger partial charge on any atom is 0.255 e. The van der Waals surface area contributed by atoms with E-state index < -0.39 is 0 Å². The lowest BCUT2D eigenvalue weighted by molar-refractivity contribution is -0.120. The molecule has 0 aliphatic carbocycles. The third kappa shape index (κ3) is 4.72. The molecule has 0 unspecified atom stereocenters. The van der Waals surface area contributed by atoms with Crippen LogP contribution < -0.4 is 20.3 Å². The van der Waals surface area contributed by atoms with Crippen LogP contribution in [-0.2, 0) is 4.79 Å². The number of hydrogen-bond acceptors (Lipinski definition) is 4. The zero-order valence-electron chi connectivity index (χ0n) is 16.1. The number of anilines is 2. The van der Waals surface area contributed by atoms with Gasteiger partial charge in [0.25, 0.3) is 5.91 Å². The Balaban J connectivity index is 1.45. The van der Waals surface area contributed by atoms with E-state index in [9.17, 15) is 9.59 Å². The minimum Gasteiger partial charge on any atom is -0.457 e. The van der Waals surface area contributed by atoms with Gasteiger partial charge in [-0.15, -0.1) is 0 Å². The van der Waals surface area contributed by atoms with Gasteiger partial charge in [-0.3, -0.25) is 9.59 Å². The predicted octanol–water partition coefficient (Wildman–Crippen LogP) is 4.32. The van der Waals surface area contributed by atoms with Crippen molar-refractivity contribution in [2.24, 2.45) is 0 Å². The molecule has 152 valence electrons. The van der Waals surface area contributed by atoms with Gasteiger partial charge in [0.2, 0.25) is 5.91 Å². The van der Waals surface area contributed by atoms with Gasteiger partial charge in [0.1, 0.15) is 11.5 Å². The summed E-state index contributed by atoms with van der Waals surface area (Å²) in [4.78, 5) is 26.2. The zero-order valence-corrected chi connectivity index (χ0v) is 16.9. The summed E-state index contributed by atoms with van der Waals surface area (Å²) in [7, 11) is 0. The Morgan fingerprint density at radius 2 is 1.80 bits per heavy atom. The molecule has 0 aromatic heterocycles. The van der Waals surface area contributed by atoms with Crippen LogP contribution in [0, 0.1) is 0 Å². The molecule has 1 aliphatic heterocycles. The van der Waals surface area contributed by atoms with E-state index in [-0.39, 0.29) is 18.4 Å². The van der Waals surface area contributed by atoms with Gasteiger partial charge in [0.15, 0.2) is 0 Å². The number of halogens is 1. The maximum absolute atomic E-state index is 12.7. The standard InChI is InChI=1S/C23H20ClN3O3/c24-20-14-17(9-10-21(20)27-12-11-25-22(28)15-27)26-23(29)16-5-4-8-19(13-16)30-18-6-2-1-3-7-18/h1-10,13-14H,11-12,15H2,(H,25,28)(H,26,29). The SMILES string of the molecule is O=C1CN(c2ccc(NC(=O)c3cccc(Oc4ccccc4)c3)cc2Cl)CCN1. The number of carbonyl (C=O) groups is 2. The first kappa shape index (κ1) is 19.8. The van der Waals surface area contributed by atoms with Gasteiger partial charge in [-0.2, -0.15) is 0 Å². The number of piperazine rings is 1. The highest BCUT2D eigenvalue weighted by Crippen LogP contribution is 2.30. The molecule has 3 aromatic carbocycles. The molecule has 6 nitrogen and oxygen atoms in total. The lowest BCUT2D eigenvalue weighted by atomic mass is 10.2. The molecule has 7 heteroatoms. The Bertz CT molecular complexity index is 1070. The summed E-state index contributed by atoms with van der Waals surface area (Å²) in [5.41, 5.74) is 1.81. The first-order valence-electron chi connectivity index (χ1n) is 9.54. The summed E-state index contributed by atoms with van der Waals surface area (Å²) in [6.07, 6.45) is 0. The van der Waals surface area contributed by atoms with Crippen molar-refractivity contribution in [3.05, 3.63) is 83.4 Å². The number of benzene rings is 3. The number of nitrogens with zero attached hydrogens (tertiary/aromatic N) is 1. The van der Waals surface area contributed by atoms with Crippen LogP contribution in [0.15, 0.2) is 72.8 Å². The Morgan fingerprint density at radius 1 is 1.00 bits per heavy atom. The Morgan fingerprint density at radius 3 is 2.57 bits per heavy atom. The van der Waals surface area contributed by atoms with Crippen LogP contribution in [0.1, 0.15) is 10.4 Å². The summed E-state index contributed by atoms with van der Waals surface area (Å²) in [5.74, 6) is 0.969. The Labute approximate surface area is 179 Å². The number of ether oxygens (including phenoxy) is 1. The normalized spacial score (nSPS) is 13.5. The van der Waals surface area contributed by atoms with Gasteiger partial charge in [-0.05, 0) is 48.5 Å². The van der Waals surface area contributed by atoms with E-state index in [0.717, 1.165) is 5.69 Å². The van der Waals surface area contributed by atoms with E-state index in [4.69, 9.17) is 16.3 Å². The minimum atomic E-state index is -0.269. The van der Waals surface area contributed by atoms with Crippen molar-refractivity contribution in [2.75, 3.05) is 29.9 Å². The van der Waals surface area contributed by atoms with Crippen LogP contribution >= 0.6 is 11.6 Å². The number of carbonyl (C=O) groups excluding carboxylic acids is 2. The monoisotopic (exact) mass is 421 g/mol. The van der Waals surface area contributed by atoms with E-state index in [0.29, 0.717) is 40.9 Å². The zero-order chi connectivity index (χ0) is 20.9.